The minimum Gasteiger partial charge on any atom is -0.453 e. The molecule has 3 aromatic rings. The summed E-state index contributed by atoms with van der Waals surface area (Å²) in [6, 6.07) is 23.3. The van der Waals surface area contributed by atoms with Crippen molar-refractivity contribution in [3.8, 4) is 0 Å². The van der Waals surface area contributed by atoms with Crippen molar-refractivity contribution in [3.63, 3.8) is 0 Å². The summed E-state index contributed by atoms with van der Waals surface area (Å²) in [5.74, 6) is -0.102. The molecule has 0 aliphatic carbocycles. The van der Waals surface area contributed by atoms with Crippen molar-refractivity contribution in [3.05, 3.63) is 95.1 Å². The van der Waals surface area contributed by atoms with Crippen molar-refractivity contribution >= 4 is 29.3 Å². The number of carbonyl (C=O) groups is 2. The predicted molar refractivity (Wildman–Crippen MR) is 154 cm³/mol. The number of nitrogen functional groups attached to an aromatic ring is 1. The van der Waals surface area contributed by atoms with Gasteiger partial charge in [0.2, 0.25) is 0 Å². The van der Waals surface area contributed by atoms with Gasteiger partial charge >= 0.3 is 5.97 Å². The first-order chi connectivity index (χ1) is 19.2. The molecule has 5 unspecified atom stereocenters. The molecule has 4 N–H and O–H groups in total. The van der Waals surface area contributed by atoms with E-state index in [1.54, 1.807) is 11.8 Å². The monoisotopic (exact) mass is 564 g/mol. The van der Waals surface area contributed by atoms with E-state index in [0.29, 0.717) is 12.3 Å². The van der Waals surface area contributed by atoms with Crippen LogP contribution in [0.1, 0.15) is 55.4 Å². The first-order valence-corrected chi connectivity index (χ1v) is 14.3. The van der Waals surface area contributed by atoms with Crippen LogP contribution in [0.5, 0.6) is 0 Å². The summed E-state index contributed by atoms with van der Waals surface area (Å²) >= 11 is 1.67. The predicted octanol–water partition coefficient (Wildman–Crippen LogP) is 4.91. The number of anilines is 1. The molecule has 0 aromatic heterocycles. The zero-order valence-corrected chi connectivity index (χ0v) is 23.7. The number of hydrogen-bond acceptors (Lipinski definition) is 8. The third-order valence-electron chi connectivity index (χ3n) is 6.88. The maximum absolute atomic E-state index is 12.2. The third kappa shape index (κ3) is 7.63. The summed E-state index contributed by atoms with van der Waals surface area (Å²) in [7, 11) is 0. The first kappa shape index (κ1) is 29.6. The average Bonchev–Trinajstić information content (AvgIpc) is 2.96. The van der Waals surface area contributed by atoms with Gasteiger partial charge in [0.25, 0.3) is 5.91 Å². The Balaban J connectivity index is 1.48. The highest BCUT2D eigenvalue weighted by molar-refractivity contribution is 7.99. The molecule has 1 fully saturated rings. The lowest BCUT2D eigenvalue weighted by molar-refractivity contribution is -0.268. The van der Waals surface area contributed by atoms with Gasteiger partial charge in [0.15, 0.2) is 12.4 Å². The summed E-state index contributed by atoms with van der Waals surface area (Å²) in [4.78, 5) is 24.3. The summed E-state index contributed by atoms with van der Waals surface area (Å²) in [5.41, 5.74) is 10.5. The molecule has 4 rings (SSSR count). The molecule has 1 saturated heterocycles. The molecule has 1 aliphatic rings. The second kappa shape index (κ2) is 13.8. The summed E-state index contributed by atoms with van der Waals surface area (Å²) in [6.07, 6.45) is -1.78. The third-order valence-corrected chi connectivity index (χ3v) is 8.05. The number of carbonyl (C=O) groups excluding carboxylic acids is 2. The Bertz CT molecular complexity index is 1280. The van der Waals surface area contributed by atoms with Crippen LogP contribution in [0.4, 0.5) is 5.69 Å². The Morgan fingerprint density at radius 3 is 2.30 bits per heavy atom. The van der Waals surface area contributed by atoms with Gasteiger partial charge in [-0.05, 0) is 35.7 Å². The zero-order chi connectivity index (χ0) is 28.6. The Kier molecular flexibility index (Phi) is 10.2. The van der Waals surface area contributed by atoms with Gasteiger partial charge in [0.1, 0.15) is 0 Å². The topological polar surface area (TPSA) is 120 Å². The van der Waals surface area contributed by atoms with Crippen LogP contribution in [0.3, 0.4) is 0 Å². The van der Waals surface area contributed by atoms with Crippen LogP contribution >= 0.6 is 11.8 Å². The largest absolute Gasteiger partial charge is 0.453 e. The Morgan fingerprint density at radius 1 is 1.00 bits per heavy atom. The average molecular weight is 565 g/mol. The molecule has 0 radical (unpaired) electrons. The summed E-state index contributed by atoms with van der Waals surface area (Å²) < 4.78 is 18.0. The van der Waals surface area contributed by atoms with Gasteiger partial charge in [0.05, 0.1) is 18.8 Å². The summed E-state index contributed by atoms with van der Waals surface area (Å²) in [5, 5.41) is 12.3. The van der Waals surface area contributed by atoms with Gasteiger partial charge in [-0.25, -0.2) is 0 Å². The van der Waals surface area contributed by atoms with E-state index in [1.807, 2.05) is 72.8 Å². The molecular weight excluding hydrogens is 528 g/mol. The highest BCUT2D eigenvalue weighted by atomic mass is 32.2. The molecule has 40 heavy (non-hydrogen) atoms. The molecule has 212 valence electrons. The Hall–Kier alpha value is -3.37. The van der Waals surface area contributed by atoms with Crippen LogP contribution in [-0.4, -0.2) is 34.9 Å². The van der Waals surface area contributed by atoms with Crippen LogP contribution in [0.25, 0.3) is 0 Å². The SMILES string of the molecule is CC(=O)OC(C)C(=O)NCc1ccc(C2OC(CSc3ccccc3N)C(C)C(c3ccc(CO)cc3)O2)cc1. The van der Waals surface area contributed by atoms with E-state index in [0.717, 1.165) is 32.8 Å². The second-order valence-corrected chi connectivity index (χ2v) is 10.9. The van der Waals surface area contributed by atoms with Crippen LogP contribution < -0.4 is 11.1 Å². The highest BCUT2D eigenvalue weighted by Crippen LogP contribution is 2.43. The number of aliphatic hydroxyl groups excluding tert-OH is 1. The van der Waals surface area contributed by atoms with Crippen molar-refractivity contribution in [2.45, 2.75) is 63.4 Å². The smallest absolute Gasteiger partial charge is 0.303 e. The van der Waals surface area contributed by atoms with Crippen molar-refractivity contribution in [2.75, 3.05) is 11.5 Å². The molecule has 8 nitrogen and oxygen atoms in total. The van der Waals surface area contributed by atoms with Gasteiger partial charge in [-0.1, -0.05) is 67.6 Å². The van der Waals surface area contributed by atoms with Crippen molar-refractivity contribution < 1.29 is 28.9 Å². The number of nitrogens with two attached hydrogens (primary N) is 1. The van der Waals surface area contributed by atoms with E-state index in [-0.39, 0.29) is 30.6 Å². The quantitative estimate of drug-likeness (QED) is 0.180. The number of benzene rings is 3. The maximum Gasteiger partial charge on any atom is 0.303 e. The lowest BCUT2D eigenvalue weighted by Gasteiger charge is -2.41. The van der Waals surface area contributed by atoms with E-state index in [9.17, 15) is 14.7 Å². The van der Waals surface area contributed by atoms with Crippen molar-refractivity contribution in [2.24, 2.45) is 5.92 Å². The lowest BCUT2D eigenvalue weighted by Crippen LogP contribution is -2.38. The minimum atomic E-state index is -0.854. The number of esters is 1. The number of thioether (sulfide) groups is 1. The number of ether oxygens (including phenoxy) is 3. The van der Waals surface area contributed by atoms with E-state index in [4.69, 9.17) is 19.9 Å². The fourth-order valence-electron chi connectivity index (χ4n) is 4.52. The van der Waals surface area contributed by atoms with E-state index in [1.165, 1.54) is 13.8 Å². The fraction of sp³-hybridized carbons (Fsp3) is 0.355. The first-order valence-electron chi connectivity index (χ1n) is 13.3. The van der Waals surface area contributed by atoms with Gasteiger partial charge in [-0.15, -0.1) is 11.8 Å². The molecule has 0 spiro atoms. The van der Waals surface area contributed by atoms with E-state index in [2.05, 4.69) is 12.2 Å². The number of aliphatic hydroxyl groups is 1. The minimum absolute atomic E-state index is 0.0136. The standard InChI is InChI=1S/C31H36N2O6S/c1-19-27(18-40-28-7-5-4-6-26(28)32)38-31(39-29(19)24-12-10-23(17-34)11-13-24)25-14-8-22(9-15-25)16-33-30(36)20(2)37-21(3)35/h4-15,19-20,27,29,31,34H,16-18,32H2,1-3H3,(H,33,36). The molecule has 1 heterocycles. The van der Waals surface area contributed by atoms with Crippen LogP contribution in [0.2, 0.25) is 0 Å². The highest BCUT2D eigenvalue weighted by Gasteiger charge is 2.38. The zero-order valence-electron chi connectivity index (χ0n) is 22.9. The number of para-hydroxylation sites is 1. The van der Waals surface area contributed by atoms with Gasteiger partial charge in [-0.3, -0.25) is 9.59 Å². The van der Waals surface area contributed by atoms with Crippen LogP contribution in [0, 0.1) is 5.92 Å². The number of nitrogens with one attached hydrogen (secondary N) is 1. The summed E-state index contributed by atoms with van der Waals surface area (Å²) in [6.45, 7) is 5.22. The molecule has 5 atom stereocenters. The van der Waals surface area contributed by atoms with Crippen molar-refractivity contribution in [1.82, 2.24) is 5.32 Å². The van der Waals surface area contributed by atoms with Gasteiger partial charge in [0, 0.05) is 41.3 Å². The number of amides is 1. The lowest BCUT2D eigenvalue weighted by atomic mass is 9.91. The molecule has 1 amide bonds. The fourth-order valence-corrected chi connectivity index (χ4v) is 5.66. The number of hydrogen-bond donors (Lipinski definition) is 3. The molecule has 9 heteroatoms. The molecular formula is C31H36N2O6S. The Labute approximate surface area is 239 Å². The van der Waals surface area contributed by atoms with Crippen LogP contribution in [-0.2, 0) is 37.0 Å². The van der Waals surface area contributed by atoms with E-state index >= 15 is 0 Å². The van der Waals surface area contributed by atoms with E-state index < -0.39 is 18.4 Å². The van der Waals surface area contributed by atoms with Gasteiger partial charge < -0.3 is 30.4 Å². The molecule has 1 aliphatic heterocycles. The normalized spacial score (nSPS) is 21.4. The van der Waals surface area contributed by atoms with Crippen LogP contribution in [0.15, 0.2) is 77.7 Å². The molecule has 3 aromatic carbocycles. The maximum atomic E-state index is 12.2. The second-order valence-electron chi connectivity index (χ2n) is 9.88. The number of rotatable bonds is 10. The molecule has 0 saturated carbocycles. The van der Waals surface area contributed by atoms with Crippen molar-refractivity contribution in [1.29, 1.82) is 0 Å². The Morgan fingerprint density at radius 2 is 1.65 bits per heavy atom. The van der Waals surface area contributed by atoms with Gasteiger partial charge in [-0.2, -0.15) is 0 Å². The molecule has 0 bridgehead atoms.